The molecule has 0 bridgehead atoms. The lowest BCUT2D eigenvalue weighted by Gasteiger charge is -2.12. The van der Waals surface area contributed by atoms with Crippen LogP contribution in [-0.4, -0.2) is 24.4 Å². The SMILES string of the molecule is COC(=O)c1cc(OC(F)(F)F)c(F)c(C(F)F)n1. The molecule has 0 unspecified atom stereocenters. The smallest absolute Gasteiger partial charge is 0.464 e. The van der Waals surface area contributed by atoms with E-state index >= 15 is 0 Å². The number of hydrogen-bond donors (Lipinski definition) is 0. The van der Waals surface area contributed by atoms with Crippen molar-refractivity contribution in [3.63, 3.8) is 0 Å². The number of aromatic nitrogens is 1. The number of carbonyl (C=O) groups is 1. The van der Waals surface area contributed by atoms with Gasteiger partial charge in [-0.2, -0.15) is 0 Å². The second kappa shape index (κ2) is 5.33. The van der Waals surface area contributed by atoms with Gasteiger partial charge >= 0.3 is 12.3 Å². The van der Waals surface area contributed by atoms with Crippen molar-refractivity contribution in [2.24, 2.45) is 0 Å². The fourth-order valence-corrected chi connectivity index (χ4v) is 1.08. The van der Waals surface area contributed by atoms with Crippen LogP contribution in [0.25, 0.3) is 0 Å². The highest BCUT2D eigenvalue weighted by Crippen LogP contribution is 2.31. The number of methoxy groups -OCH3 is 1. The topological polar surface area (TPSA) is 48.4 Å². The van der Waals surface area contributed by atoms with Crippen LogP contribution in [0.15, 0.2) is 6.07 Å². The van der Waals surface area contributed by atoms with Crippen LogP contribution in [0, 0.1) is 5.82 Å². The molecule has 0 radical (unpaired) electrons. The van der Waals surface area contributed by atoms with Crippen LogP contribution < -0.4 is 4.74 Å². The zero-order chi connectivity index (χ0) is 14.8. The van der Waals surface area contributed by atoms with Gasteiger partial charge in [-0.05, 0) is 0 Å². The molecule has 0 saturated carbocycles. The Morgan fingerprint density at radius 2 is 1.95 bits per heavy atom. The average Bonchev–Trinajstić information content (AvgIpc) is 2.28. The van der Waals surface area contributed by atoms with Gasteiger partial charge in [0, 0.05) is 6.07 Å². The zero-order valence-electron chi connectivity index (χ0n) is 9.09. The summed E-state index contributed by atoms with van der Waals surface area (Å²) in [7, 11) is 0.847. The first-order valence-electron chi connectivity index (χ1n) is 4.48. The van der Waals surface area contributed by atoms with Gasteiger partial charge in [0.05, 0.1) is 7.11 Å². The van der Waals surface area contributed by atoms with Crippen LogP contribution >= 0.6 is 0 Å². The Labute approximate surface area is 101 Å². The van der Waals surface area contributed by atoms with Gasteiger partial charge in [0.15, 0.2) is 17.3 Å². The largest absolute Gasteiger partial charge is 0.573 e. The lowest BCUT2D eigenvalue weighted by atomic mass is 10.2. The molecule has 4 nitrogen and oxygen atoms in total. The molecule has 1 rings (SSSR count). The highest BCUT2D eigenvalue weighted by atomic mass is 19.4. The van der Waals surface area contributed by atoms with E-state index in [9.17, 15) is 31.1 Å². The molecular formula is C9H5F6NO3. The van der Waals surface area contributed by atoms with Crippen molar-refractivity contribution in [3.8, 4) is 5.75 Å². The van der Waals surface area contributed by atoms with E-state index in [0.29, 0.717) is 0 Å². The number of alkyl halides is 5. The fourth-order valence-electron chi connectivity index (χ4n) is 1.08. The van der Waals surface area contributed by atoms with Gasteiger partial charge in [-0.1, -0.05) is 0 Å². The van der Waals surface area contributed by atoms with Gasteiger partial charge in [0.25, 0.3) is 6.43 Å². The number of rotatable bonds is 3. The predicted molar refractivity (Wildman–Crippen MR) is 47.2 cm³/mol. The third-order valence-electron chi connectivity index (χ3n) is 1.78. The van der Waals surface area contributed by atoms with E-state index in [-0.39, 0.29) is 6.07 Å². The molecule has 0 aliphatic heterocycles. The molecule has 0 fully saturated rings. The molecule has 0 atom stereocenters. The maximum Gasteiger partial charge on any atom is 0.573 e. The summed E-state index contributed by atoms with van der Waals surface area (Å²) in [4.78, 5) is 13.9. The monoisotopic (exact) mass is 289 g/mol. The number of nitrogens with zero attached hydrogens (tertiary/aromatic N) is 1. The Morgan fingerprint density at radius 3 is 2.37 bits per heavy atom. The molecule has 19 heavy (non-hydrogen) atoms. The number of pyridine rings is 1. The molecule has 0 aromatic carbocycles. The van der Waals surface area contributed by atoms with Gasteiger partial charge in [0.2, 0.25) is 0 Å². The van der Waals surface area contributed by atoms with E-state index in [2.05, 4.69) is 14.5 Å². The van der Waals surface area contributed by atoms with E-state index in [1.165, 1.54) is 0 Å². The fraction of sp³-hybridized carbons (Fsp3) is 0.333. The summed E-state index contributed by atoms with van der Waals surface area (Å²) in [6.07, 6.45) is -8.84. The molecule has 1 heterocycles. The number of hydrogen-bond acceptors (Lipinski definition) is 4. The molecule has 106 valence electrons. The molecule has 1 aromatic rings. The minimum absolute atomic E-state index is 0.223. The predicted octanol–water partition coefficient (Wildman–Crippen LogP) is 2.84. The van der Waals surface area contributed by atoms with Gasteiger partial charge < -0.3 is 9.47 Å². The van der Waals surface area contributed by atoms with Crippen molar-refractivity contribution in [1.29, 1.82) is 0 Å². The Morgan fingerprint density at radius 1 is 1.37 bits per heavy atom. The van der Waals surface area contributed by atoms with Crippen molar-refractivity contribution >= 4 is 5.97 Å². The molecule has 0 aliphatic carbocycles. The van der Waals surface area contributed by atoms with E-state index in [0.717, 1.165) is 7.11 Å². The van der Waals surface area contributed by atoms with Crippen molar-refractivity contribution in [2.45, 2.75) is 12.8 Å². The third-order valence-corrected chi connectivity index (χ3v) is 1.78. The van der Waals surface area contributed by atoms with Crippen molar-refractivity contribution < 1.29 is 40.6 Å². The molecular weight excluding hydrogens is 284 g/mol. The van der Waals surface area contributed by atoms with Crippen molar-refractivity contribution in [1.82, 2.24) is 4.98 Å². The summed E-state index contributed by atoms with van der Waals surface area (Å²) in [6.45, 7) is 0. The van der Waals surface area contributed by atoms with Crippen LogP contribution in [0.2, 0.25) is 0 Å². The minimum Gasteiger partial charge on any atom is -0.464 e. The molecule has 0 spiro atoms. The van der Waals surface area contributed by atoms with Gasteiger partial charge in [0.1, 0.15) is 5.69 Å². The number of esters is 1. The highest BCUT2D eigenvalue weighted by molar-refractivity contribution is 5.87. The van der Waals surface area contributed by atoms with Crippen LogP contribution in [0.3, 0.4) is 0 Å². The lowest BCUT2D eigenvalue weighted by molar-refractivity contribution is -0.275. The summed E-state index contributed by atoms with van der Waals surface area (Å²) in [5, 5.41) is 0. The van der Waals surface area contributed by atoms with E-state index in [1.807, 2.05) is 0 Å². The second-order valence-electron chi connectivity index (χ2n) is 3.04. The first kappa shape index (κ1) is 15.1. The molecule has 1 aromatic heterocycles. The Balaban J connectivity index is 3.36. The van der Waals surface area contributed by atoms with Gasteiger partial charge in [-0.25, -0.2) is 22.9 Å². The molecule has 10 heteroatoms. The van der Waals surface area contributed by atoms with E-state index in [4.69, 9.17) is 0 Å². The van der Waals surface area contributed by atoms with Crippen LogP contribution in [-0.2, 0) is 4.74 Å². The van der Waals surface area contributed by atoms with Gasteiger partial charge in [-0.3, -0.25) is 0 Å². The Bertz CT molecular complexity index is 488. The number of halogens is 6. The lowest BCUT2D eigenvalue weighted by Crippen LogP contribution is -2.20. The maximum absolute atomic E-state index is 13.3. The summed E-state index contributed by atoms with van der Waals surface area (Å²) in [6, 6.07) is 0.223. The van der Waals surface area contributed by atoms with E-state index in [1.54, 1.807) is 0 Å². The maximum atomic E-state index is 13.3. The summed E-state index contributed by atoms with van der Waals surface area (Å²) >= 11 is 0. The number of carbonyl (C=O) groups excluding carboxylic acids is 1. The van der Waals surface area contributed by atoms with E-state index < -0.39 is 41.7 Å². The summed E-state index contributed by atoms with van der Waals surface area (Å²) in [5.41, 5.74) is -2.57. The normalized spacial score (nSPS) is 11.6. The van der Waals surface area contributed by atoms with Gasteiger partial charge in [-0.15, -0.1) is 13.2 Å². The molecule has 0 aliphatic rings. The van der Waals surface area contributed by atoms with Crippen molar-refractivity contribution in [2.75, 3.05) is 7.11 Å². The van der Waals surface area contributed by atoms with Crippen LogP contribution in [0.1, 0.15) is 22.6 Å². The van der Waals surface area contributed by atoms with Crippen molar-refractivity contribution in [3.05, 3.63) is 23.3 Å². The zero-order valence-corrected chi connectivity index (χ0v) is 9.09. The minimum atomic E-state index is -5.31. The van der Waals surface area contributed by atoms with Crippen LogP contribution in [0.4, 0.5) is 26.3 Å². The summed E-state index contributed by atoms with van der Waals surface area (Å²) in [5.74, 6) is -4.90. The highest BCUT2D eigenvalue weighted by Gasteiger charge is 2.35. The standard InChI is InChI=1S/C9H5F6NO3/c1-18-8(17)3-2-4(19-9(13,14)15)5(10)6(16-3)7(11)12/h2,7H,1H3. The number of ether oxygens (including phenoxy) is 2. The molecule has 0 N–H and O–H groups in total. The van der Waals surface area contributed by atoms with Crippen LogP contribution in [0.5, 0.6) is 5.75 Å². The Hall–Kier alpha value is -2.00. The first-order valence-corrected chi connectivity index (χ1v) is 4.48. The third kappa shape index (κ3) is 3.73. The first-order chi connectivity index (χ1) is 8.65. The summed E-state index contributed by atoms with van der Waals surface area (Å²) < 4.78 is 81.2. The average molecular weight is 289 g/mol. The Kier molecular flexibility index (Phi) is 4.22. The molecule has 0 amide bonds. The second-order valence-corrected chi connectivity index (χ2v) is 3.04. The quantitative estimate of drug-likeness (QED) is 0.634. The molecule has 0 saturated heterocycles.